The Bertz CT molecular complexity index is 572. The van der Waals surface area contributed by atoms with Crippen molar-refractivity contribution in [2.45, 2.75) is 45.6 Å². The maximum atomic E-state index is 11.6. The molecule has 0 aliphatic rings. The average Bonchev–Trinajstić information content (AvgIpc) is 2.62. The van der Waals surface area contributed by atoms with Crippen LogP contribution in [0.25, 0.3) is 0 Å². The number of carboxylic acids is 2. The van der Waals surface area contributed by atoms with Crippen molar-refractivity contribution in [3.05, 3.63) is 12.7 Å². The minimum Gasteiger partial charge on any atom is -0.481 e. The number of aliphatic hydroxyl groups excluding tert-OH is 1. The van der Waals surface area contributed by atoms with Crippen LogP contribution in [-0.2, 0) is 14.4 Å². The molecule has 0 bridgehead atoms. The Morgan fingerprint density at radius 2 is 1.52 bits per heavy atom. The summed E-state index contributed by atoms with van der Waals surface area (Å²) in [6.45, 7) is 7.09. The van der Waals surface area contributed by atoms with Crippen LogP contribution in [0.5, 0.6) is 0 Å². The van der Waals surface area contributed by atoms with Crippen molar-refractivity contribution >= 4 is 17.8 Å². The highest BCUT2D eigenvalue weighted by atomic mass is 16.4. The lowest BCUT2D eigenvalue weighted by atomic mass is 9.89. The van der Waals surface area contributed by atoms with Gasteiger partial charge in [-0.05, 0) is 24.7 Å². The van der Waals surface area contributed by atoms with Crippen molar-refractivity contribution in [1.29, 1.82) is 0 Å². The van der Waals surface area contributed by atoms with Crippen LogP contribution in [0.1, 0.15) is 39.5 Å². The third-order valence-corrected chi connectivity index (χ3v) is 3.82. The van der Waals surface area contributed by atoms with Crippen LogP contribution in [0.4, 0.5) is 0 Å². The highest BCUT2D eigenvalue weighted by Gasteiger charge is 2.31. The molecule has 0 aromatic rings. The third kappa shape index (κ3) is 12.3. The maximum absolute atomic E-state index is 11.6. The Morgan fingerprint density at radius 1 is 1.04 bits per heavy atom. The number of carboxylic acid groups (broad SMARTS) is 2. The van der Waals surface area contributed by atoms with E-state index in [2.05, 4.69) is 23.7 Å². The van der Waals surface area contributed by atoms with Crippen LogP contribution in [-0.4, -0.2) is 45.8 Å². The molecule has 0 aliphatic heterocycles. The van der Waals surface area contributed by atoms with E-state index >= 15 is 0 Å². The van der Waals surface area contributed by atoms with Crippen molar-refractivity contribution in [3.8, 4) is 24.7 Å². The van der Waals surface area contributed by atoms with Crippen LogP contribution in [0.15, 0.2) is 12.7 Å². The van der Waals surface area contributed by atoms with E-state index in [1.54, 1.807) is 13.8 Å². The molecule has 0 fully saturated rings. The summed E-state index contributed by atoms with van der Waals surface area (Å²) in [4.78, 5) is 32.7. The summed E-state index contributed by atoms with van der Waals surface area (Å²) in [5, 5.41) is 28.8. The van der Waals surface area contributed by atoms with E-state index in [0.717, 1.165) is 0 Å². The van der Waals surface area contributed by atoms with Gasteiger partial charge in [-0.2, -0.15) is 0 Å². The molecule has 4 N–H and O–H groups in total. The predicted molar refractivity (Wildman–Crippen MR) is 102 cm³/mol. The number of hydrogen-bond acceptors (Lipinski definition) is 4. The number of hydrogen-bond donors (Lipinski definition) is 4. The monoisotopic (exact) mass is 379 g/mol. The lowest BCUT2D eigenvalue weighted by Crippen LogP contribution is -2.39. The molecule has 1 amide bonds. The van der Waals surface area contributed by atoms with Gasteiger partial charge in [0.25, 0.3) is 0 Å². The van der Waals surface area contributed by atoms with E-state index in [9.17, 15) is 14.4 Å². The van der Waals surface area contributed by atoms with Gasteiger partial charge in [-0.15, -0.1) is 31.3 Å². The normalized spacial score (nSPS) is 14.0. The summed E-state index contributed by atoms with van der Waals surface area (Å²) in [7, 11) is 0. The molecule has 1 unspecified atom stereocenters. The van der Waals surface area contributed by atoms with Gasteiger partial charge in [-0.1, -0.05) is 19.9 Å². The third-order valence-electron chi connectivity index (χ3n) is 3.82. The molecule has 27 heavy (non-hydrogen) atoms. The highest BCUT2D eigenvalue weighted by molar-refractivity contribution is 5.97. The Balaban J connectivity index is 0. The fraction of sp³-hybridized carbons (Fsp3) is 0.550. The first-order chi connectivity index (χ1) is 12.6. The quantitative estimate of drug-likeness (QED) is 0.245. The average molecular weight is 379 g/mol. The molecule has 150 valence electrons. The summed E-state index contributed by atoms with van der Waals surface area (Å²) in [5.74, 6) is 0.426. The molecule has 0 radical (unpaired) electrons. The number of carbonyl (C=O) groups excluding carboxylic acids is 1. The zero-order valence-electron chi connectivity index (χ0n) is 15.9. The molecule has 0 spiro atoms. The Kier molecular flexibility index (Phi) is 15.2. The topological polar surface area (TPSA) is 124 Å². The van der Waals surface area contributed by atoms with Gasteiger partial charge in [-0.25, -0.2) is 4.79 Å². The van der Waals surface area contributed by atoms with E-state index in [1.165, 1.54) is 6.08 Å². The largest absolute Gasteiger partial charge is 0.481 e. The summed E-state index contributed by atoms with van der Waals surface area (Å²) >= 11 is 0. The van der Waals surface area contributed by atoms with E-state index in [1.807, 2.05) is 0 Å². The van der Waals surface area contributed by atoms with Crippen molar-refractivity contribution in [1.82, 2.24) is 5.32 Å². The summed E-state index contributed by atoms with van der Waals surface area (Å²) in [6, 6.07) is 0. The maximum Gasteiger partial charge on any atom is 0.332 e. The second-order valence-corrected chi connectivity index (χ2v) is 6.07. The van der Waals surface area contributed by atoms with Gasteiger partial charge in [0.05, 0.1) is 0 Å². The summed E-state index contributed by atoms with van der Waals surface area (Å²) < 4.78 is 0. The second kappa shape index (κ2) is 15.5. The number of aliphatic carboxylic acids is 2. The van der Waals surface area contributed by atoms with Crippen molar-refractivity contribution in [2.75, 3.05) is 6.54 Å². The molecular weight excluding hydrogens is 350 g/mol. The Hall–Kier alpha value is -2.77. The zero-order chi connectivity index (χ0) is 21.4. The fourth-order valence-electron chi connectivity index (χ4n) is 2.09. The van der Waals surface area contributed by atoms with Gasteiger partial charge in [-0.3, -0.25) is 9.59 Å². The smallest absolute Gasteiger partial charge is 0.332 e. The van der Waals surface area contributed by atoms with Crippen molar-refractivity contribution in [2.24, 2.45) is 17.8 Å². The molecule has 0 aliphatic carbocycles. The van der Waals surface area contributed by atoms with E-state index < -0.39 is 29.9 Å². The van der Waals surface area contributed by atoms with Gasteiger partial charge >= 0.3 is 11.9 Å². The number of aliphatic hydroxyl groups is 1. The van der Waals surface area contributed by atoms with E-state index in [0.29, 0.717) is 25.7 Å². The minimum atomic E-state index is -1.29. The van der Waals surface area contributed by atoms with E-state index in [-0.39, 0.29) is 18.4 Å². The van der Waals surface area contributed by atoms with Gasteiger partial charge in [0.2, 0.25) is 5.91 Å². The van der Waals surface area contributed by atoms with Crippen LogP contribution >= 0.6 is 0 Å². The second-order valence-electron chi connectivity index (χ2n) is 6.07. The Labute approximate surface area is 160 Å². The van der Waals surface area contributed by atoms with Crippen LogP contribution in [0, 0.1) is 42.4 Å². The molecule has 0 aromatic carbocycles. The zero-order valence-corrected chi connectivity index (χ0v) is 15.9. The van der Waals surface area contributed by atoms with Crippen LogP contribution in [0.3, 0.4) is 0 Å². The van der Waals surface area contributed by atoms with Crippen molar-refractivity contribution in [3.63, 3.8) is 0 Å². The number of terminal acetylenes is 2. The number of rotatable bonds is 11. The molecule has 7 heteroatoms. The molecular formula is C20H29NO6. The fourth-order valence-corrected chi connectivity index (χ4v) is 2.09. The first-order valence-electron chi connectivity index (χ1n) is 8.53. The molecule has 0 heterocycles. The Morgan fingerprint density at radius 3 is 1.89 bits per heavy atom. The molecule has 0 saturated carbocycles. The van der Waals surface area contributed by atoms with Gasteiger partial charge < -0.3 is 20.6 Å². The highest BCUT2D eigenvalue weighted by Crippen LogP contribution is 2.17. The number of carbonyl (C=O) groups is 3. The van der Waals surface area contributed by atoms with Gasteiger partial charge in [0.1, 0.15) is 5.92 Å². The summed E-state index contributed by atoms with van der Waals surface area (Å²) in [5.41, 5.74) is 0. The molecule has 4 atom stereocenters. The molecule has 7 nitrogen and oxygen atoms in total. The van der Waals surface area contributed by atoms with Gasteiger partial charge in [0.15, 0.2) is 6.10 Å². The summed E-state index contributed by atoms with van der Waals surface area (Å²) in [6.07, 6.45) is 12.3. The lowest BCUT2D eigenvalue weighted by Gasteiger charge is -2.18. The van der Waals surface area contributed by atoms with Gasteiger partial charge in [0, 0.05) is 19.4 Å². The number of nitrogens with one attached hydrogen (secondary N) is 1. The van der Waals surface area contributed by atoms with Crippen molar-refractivity contribution < 1.29 is 29.7 Å². The standard InChI is InChI=1S/C12H17NO3.C8H12O3/c1-4-6-7-9(3)10(12(15)16)11(14)13-8-5-2;1-3-4-5-6(2)7(9)8(10)11/h1,5,9-10H,2,6-8H2,3H3,(H,13,14)(H,15,16);1,6-7,9H,4-5H2,2H3,(H,10,11)/t9-,10?;6-,7+/m00/s1. The van der Waals surface area contributed by atoms with Crippen LogP contribution in [0.2, 0.25) is 0 Å². The molecule has 0 aromatic heterocycles. The van der Waals surface area contributed by atoms with E-state index in [4.69, 9.17) is 28.2 Å². The predicted octanol–water partition coefficient (Wildman–Crippen LogP) is 1.52. The number of amides is 1. The molecule has 0 saturated heterocycles. The molecule has 0 rings (SSSR count). The first-order valence-corrected chi connectivity index (χ1v) is 8.53. The first kappa shape index (κ1) is 26.5. The minimum absolute atomic E-state index is 0.268. The lowest BCUT2D eigenvalue weighted by molar-refractivity contribution is -0.150. The SMILES string of the molecule is C#CCC[C@H](C)C(C(=O)O)C(=O)NCC=C.C#CCC[C@H](C)[C@@H](O)C(=O)O. The van der Waals surface area contributed by atoms with Crippen LogP contribution < -0.4 is 5.32 Å².